The minimum atomic E-state index is -0.177. The molecule has 0 atom stereocenters. The number of benzene rings is 1. The van der Waals surface area contributed by atoms with Gasteiger partial charge in [-0.05, 0) is 12.1 Å². The number of oxime groups is 1. The number of hydrogen-bond acceptors (Lipinski definition) is 5. The lowest BCUT2D eigenvalue weighted by Gasteiger charge is -2.08. The van der Waals surface area contributed by atoms with E-state index in [2.05, 4.69) is 20.4 Å². The summed E-state index contributed by atoms with van der Waals surface area (Å²) in [6.45, 7) is 0. The molecule has 0 aliphatic carbocycles. The molecule has 0 spiro atoms. The van der Waals surface area contributed by atoms with Crippen LogP contribution < -0.4 is 5.32 Å². The Morgan fingerprint density at radius 1 is 1.22 bits per heavy atom. The minimum absolute atomic E-state index is 0.177. The fourth-order valence-corrected chi connectivity index (χ4v) is 2.15. The lowest BCUT2D eigenvalue weighted by molar-refractivity contribution is -0.116. The molecule has 1 amide bonds. The first-order chi connectivity index (χ1) is 11.1. The molecule has 1 heterocycles. The van der Waals surface area contributed by atoms with Crippen molar-refractivity contribution in [2.75, 3.05) is 12.4 Å². The molecule has 0 aliphatic rings. The van der Waals surface area contributed by atoms with E-state index in [0.29, 0.717) is 27.9 Å². The van der Waals surface area contributed by atoms with Crippen molar-refractivity contribution in [2.45, 2.75) is 12.8 Å². The molecule has 1 N–H and O–H groups in total. The lowest BCUT2D eigenvalue weighted by Crippen LogP contribution is -2.14. The Morgan fingerprint density at radius 3 is 2.61 bits per heavy atom. The topological polar surface area (TPSA) is 76.5 Å². The normalized spacial score (nSPS) is 11.2. The Hall–Kier alpha value is -2.18. The second-order valence-electron chi connectivity index (χ2n) is 4.52. The van der Waals surface area contributed by atoms with Gasteiger partial charge in [-0.3, -0.25) is 4.79 Å². The quantitative estimate of drug-likeness (QED) is 0.636. The van der Waals surface area contributed by atoms with Gasteiger partial charge in [-0.15, -0.1) is 0 Å². The molecule has 1 aromatic carbocycles. The molecule has 0 radical (unpaired) electrons. The lowest BCUT2D eigenvalue weighted by atomic mass is 10.1. The number of hydrogen-bond donors (Lipinski definition) is 1. The van der Waals surface area contributed by atoms with Crippen molar-refractivity contribution in [2.24, 2.45) is 5.16 Å². The largest absolute Gasteiger partial charge is 0.399 e. The molecule has 6 nitrogen and oxygen atoms in total. The van der Waals surface area contributed by atoms with Gasteiger partial charge < -0.3 is 10.2 Å². The highest BCUT2D eigenvalue weighted by molar-refractivity contribution is 6.42. The van der Waals surface area contributed by atoms with Gasteiger partial charge >= 0.3 is 0 Å². The van der Waals surface area contributed by atoms with Gasteiger partial charge in [0.15, 0.2) is 0 Å². The van der Waals surface area contributed by atoms with E-state index in [4.69, 9.17) is 28.0 Å². The van der Waals surface area contributed by atoms with Crippen LogP contribution in [0.5, 0.6) is 0 Å². The first-order valence-corrected chi connectivity index (χ1v) is 7.46. The summed E-state index contributed by atoms with van der Waals surface area (Å²) in [5.41, 5.74) is 1.89. The highest BCUT2D eigenvalue weighted by Crippen LogP contribution is 2.23. The van der Waals surface area contributed by atoms with Crippen LogP contribution in [0, 0.1) is 0 Å². The third-order valence-electron chi connectivity index (χ3n) is 2.89. The molecule has 8 heteroatoms. The fraction of sp³-hybridized carbons (Fsp3) is 0.200. The molecule has 0 fully saturated rings. The molecule has 0 saturated heterocycles. The Kier molecular flexibility index (Phi) is 6.31. The molecule has 0 saturated carbocycles. The van der Waals surface area contributed by atoms with Crippen molar-refractivity contribution in [1.29, 1.82) is 0 Å². The number of carbonyl (C=O) groups excluding carboxylic acids is 1. The predicted molar refractivity (Wildman–Crippen MR) is 89.9 cm³/mol. The van der Waals surface area contributed by atoms with Gasteiger partial charge in [-0.1, -0.05) is 34.4 Å². The molecular weight excluding hydrogens is 339 g/mol. The van der Waals surface area contributed by atoms with Crippen LogP contribution in [0.15, 0.2) is 42.1 Å². The molecule has 120 valence electrons. The van der Waals surface area contributed by atoms with Crippen molar-refractivity contribution in [3.05, 3.63) is 52.5 Å². The average molecular weight is 353 g/mol. The minimum Gasteiger partial charge on any atom is -0.399 e. The summed E-state index contributed by atoms with van der Waals surface area (Å²) < 4.78 is 0. The standard InChI is InChI=1S/C15H14Cl2N4O2/c1-23-21-14(10-2-3-12(16)13(17)6-10)4-5-15(22)20-11-7-18-9-19-8-11/h2-3,6-9H,4-5H2,1H3,(H,20,22). The van der Waals surface area contributed by atoms with E-state index in [0.717, 1.165) is 5.56 Å². The number of anilines is 1. The summed E-state index contributed by atoms with van der Waals surface area (Å²) in [5, 5.41) is 7.53. The van der Waals surface area contributed by atoms with Crippen LogP contribution in [-0.4, -0.2) is 28.7 Å². The van der Waals surface area contributed by atoms with Gasteiger partial charge in [0.2, 0.25) is 5.91 Å². The summed E-state index contributed by atoms with van der Waals surface area (Å²) >= 11 is 11.9. The van der Waals surface area contributed by atoms with Crippen LogP contribution in [0.3, 0.4) is 0 Å². The van der Waals surface area contributed by atoms with E-state index in [-0.39, 0.29) is 12.3 Å². The molecule has 0 aliphatic heterocycles. The number of halogens is 2. The number of nitrogens with one attached hydrogen (secondary N) is 1. The summed E-state index contributed by atoms with van der Waals surface area (Å²) in [4.78, 5) is 24.5. The zero-order valence-corrected chi connectivity index (χ0v) is 13.8. The maximum atomic E-state index is 12.0. The van der Waals surface area contributed by atoms with Crippen molar-refractivity contribution >= 4 is 40.5 Å². The number of rotatable bonds is 6. The zero-order valence-electron chi connectivity index (χ0n) is 12.3. The first-order valence-electron chi connectivity index (χ1n) is 6.70. The molecule has 0 unspecified atom stereocenters. The van der Waals surface area contributed by atoms with Gasteiger partial charge in [0.05, 0.1) is 33.8 Å². The number of amides is 1. The Morgan fingerprint density at radius 2 is 1.96 bits per heavy atom. The predicted octanol–water partition coefficient (Wildman–Crippen LogP) is 3.55. The second-order valence-corrected chi connectivity index (χ2v) is 5.34. The molecule has 23 heavy (non-hydrogen) atoms. The Labute approximate surface area is 143 Å². The Balaban J connectivity index is 2.01. The maximum Gasteiger partial charge on any atom is 0.224 e. The smallest absolute Gasteiger partial charge is 0.224 e. The first kappa shape index (κ1) is 17.2. The highest BCUT2D eigenvalue weighted by Gasteiger charge is 2.11. The van der Waals surface area contributed by atoms with Crippen LogP contribution in [-0.2, 0) is 9.63 Å². The van der Waals surface area contributed by atoms with Gasteiger partial charge in [0.1, 0.15) is 13.4 Å². The van der Waals surface area contributed by atoms with Crippen LogP contribution in [0.2, 0.25) is 10.0 Å². The van der Waals surface area contributed by atoms with E-state index in [9.17, 15) is 4.79 Å². The third-order valence-corrected chi connectivity index (χ3v) is 3.63. The highest BCUT2D eigenvalue weighted by atomic mass is 35.5. The van der Waals surface area contributed by atoms with Gasteiger partial charge in [0, 0.05) is 18.4 Å². The molecule has 1 aromatic heterocycles. The van der Waals surface area contributed by atoms with E-state index in [1.165, 1.54) is 25.8 Å². The summed E-state index contributed by atoms with van der Waals surface area (Å²) in [6, 6.07) is 5.13. The van der Waals surface area contributed by atoms with E-state index in [1.807, 2.05) is 0 Å². The summed E-state index contributed by atoms with van der Waals surface area (Å²) in [7, 11) is 1.44. The van der Waals surface area contributed by atoms with Crippen LogP contribution in [0.25, 0.3) is 0 Å². The number of nitrogens with zero attached hydrogens (tertiary/aromatic N) is 3. The van der Waals surface area contributed by atoms with Crippen LogP contribution >= 0.6 is 23.2 Å². The summed E-state index contributed by atoms with van der Waals surface area (Å²) in [5.74, 6) is -0.177. The number of carbonyl (C=O) groups is 1. The van der Waals surface area contributed by atoms with Crippen LogP contribution in [0.1, 0.15) is 18.4 Å². The van der Waals surface area contributed by atoms with Gasteiger partial charge in [-0.2, -0.15) is 0 Å². The van der Waals surface area contributed by atoms with Gasteiger partial charge in [-0.25, -0.2) is 9.97 Å². The molecule has 0 bridgehead atoms. The van der Waals surface area contributed by atoms with E-state index >= 15 is 0 Å². The van der Waals surface area contributed by atoms with E-state index < -0.39 is 0 Å². The monoisotopic (exact) mass is 352 g/mol. The van der Waals surface area contributed by atoms with Crippen molar-refractivity contribution in [1.82, 2.24) is 9.97 Å². The van der Waals surface area contributed by atoms with Crippen molar-refractivity contribution < 1.29 is 9.63 Å². The fourth-order valence-electron chi connectivity index (χ4n) is 1.85. The zero-order chi connectivity index (χ0) is 16.7. The van der Waals surface area contributed by atoms with Gasteiger partial charge in [0.25, 0.3) is 0 Å². The van der Waals surface area contributed by atoms with E-state index in [1.54, 1.807) is 18.2 Å². The third kappa shape index (κ3) is 5.19. The van der Waals surface area contributed by atoms with Crippen LogP contribution in [0.4, 0.5) is 5.69 Å². The van der Waals surface area contributed by atoms with Crippen molar-refractivity contribution in [3.63, 3.8) is 0 Å². The Bertz CT molecular complexity index is 708. The SMILES string of the molecule is CON=C(CCC(=O)Nc1cncnc1)c1ccc(Cl)c(Cl)c1. The van der Waals surface area contributed by atoms with Crippen molar-refractivity contribution in [3.8, 4) is 0 Å². The molecule has 2 aromatic rings. The summed E-state index contributed by atoms with van der Waals surface area (Å²) in [6.07, 6.45) is 5.04. The number of aromatic nitrogens is 2. The molecular formula is C15H14Cl2N4O2. The molecule has 2 rings (SSSR count). The second kappa shape index (κ2) is 8.45. The average Bonchev–Trinajstić information content (AvgIpc) is 2.55. The maximum absolute atomic E-state index is 12.0.